The molecule has 0 aromatic carbocycles. The van der Waals surface area contributed by atoms with Gasteiger partial charge < -0.3 is 19.6 Å². The van der Waals surface area contributed by atoms with Gasteiger partial charge in [0.1, 0.15) is 12.2 Å². The second-order valence-electron chi connectivity index (χ2n) is 5.30. The van der Waals surface area contributed by atoms with Crippen molar-refractivity contribution in [1.82, 2.24) is 14.9 Å². The second-order valence-corrected chi connectivity index (χ2v) is 5.30. The molecule has 0 saturated carbocycles. The van der Waals surface area contributed by atoms with E-state index in [0.29, 0.717) is 13.0 Å². The predicted molar refractivity (Wildman–Crippen MR) is 83.6 cm³/mol. The third-order valence-corrected chi connectivity index (χ3v) is 3.74. The lowest BCUT2D eigenvalue weighted by Crippen LogP contribution is -2.46. The van der Waals surface area contributed by atoms with Crippen LogP contribution in [0.1, 0.15) is 12.8 Å². The number of rotatable bonds is 4. The number of aliphatic hydroxyl groups excluding tert-OH is 1. The molecule has 0 amide bonds. The fourth-order valence-electron chi connectivity index (χ4n) is 2.59. The topological polar surface area (TPSA) is 74.1 Å². The molecule has 0 radical (unpaired) electrons. The van der Waals surface area contributed by atoms with Crippen LogP contribution in [0, 0.1) is 0 Å². The number of ether oxygens (including phenoxy) is 1. The van der Waals surface area contributed by atoms with Gasteiger partial charge in [0.25, 0.3) is 0 Å². The van der Waals surface area contributed by atoms with Crippen molar-refractivity contribution in [2.24, 2.45) is 4.99 Å². The average Bonchev–Trinajstić information content (AvgIpc) is 2.61. The van der Waals surface area contributed by atoms with Crippen molar-refractivity contribution in [3.05, 3.63) is 30.6 Å². The monoisotopic (exact) mass is 303 g/mol. The molecule has 0 bridgehead atoms. The van der Waals surface area contributed by atoms with Gasteiger partial charge in [0.15, 0.2) is 0 Å². The number of hydrogen-bond donors (Lipinski definition) is 1. The fourth-order valence-corrected chi connectivity index (χ4v) is 2.59. The van der Waals surface area contributed by atoms with E-state index in [9.17, 15) is 0 Å². The summed E-state index contributed by atoms with van der Waals surface area (Å²) in [6, 6.07) is 0. The molecule has 3 heterocycles. The Kier molecular flexibility index (Phi) is 4.97. The molecule has 22 heavy (non-hydrogen) atoms. The Morgan fingerprint density at radius 1 is 1.18 bits per heavy atom. The molecule has 7 nitrogen and oxygen atoms in total. The van der Waals surface area contributed by atoms with Crippen molar-refractivity contribution < 1.29 is 9.84 Å². The minimum Gasteiger partial charge on any atom is -0.396 e. The van der Waals surface area contributed by atoms with Crippen LogP contribution in [0.4, 0.5) is 5.69 Å². The number of hydrogen-bond acceptors (Lipinski definition) is 7. The first-order valence-corrected chi connectivity index (χ1v) is 7.60. The van der Waals surface area contributed by atoms with Crippen molar-refractivity contribution >= 4 is 11.5 Å². The number of aliphatic hydroxyl groups is 1. The Bertz CT molecular complexity index is 540. The fraction of sp³-hybridized carbons (Fsp3) is 0.533. The molecule has 118 valence electrons. The van der Waals surface area contributed by atoms with Gasteiger partial charge in [0.2, 0.25) is 0 Å². The van der Waals surface area contributed by atoms with E-state index >= 15 is 0 Å². The highest BCUT2D eigenvalue weighted by Gasteiger charge is 2.22. The molecule has 1 aromatic rings. The predicted octanol–water partition coefficient (Wildman–Crippen LogP) is 0.641. The summed E-state index contributed by atoms with van der Waals surface area (Å²) in [7, 11) is 0. The highest BCUT2D eigenvalue weighted by molar-refractivity contribution is 5.89. The van der Waals surface area contributed by atoms with Gasteiger partial charge in [-0.3, -0.25) is 0 Å². The molecule has 0 atom stereocenters. The average molecular weight is 303 g/mol. The molecule has 2 aliphatic heterocycles. The van der Waals surface area contributed by atoms with E-state index in [1.807, 2.05) is 6.20 Å². The molecule has 1 N–H and O–H groups in total. The van der Waals surface area contributed by atoms with E-state index in [1.54, 1.807) is 12.4 Å². The molecular formula is C15H21N5O2. The van der Waals surface area contributed by atoms with E-state index in [-0.39, 0.29) is 6.61 Å². The van der Waals surface area contributed by atoms with Gasteiger partial charge in [-0.25, -0.2) is 15.0 Å². The Balaban J connectivity index is 1.80. The Morgan fingerprint density at radius 2 is 1.95 bits per heavy atom. The van der Waals surface area contributed by atoms with Crippen LogP contribution < -0.4 is 4.90 Å². The number of nitrogens with zero attached hydrogens (tertiary/aromatic N) is 5. The molecule has 1 saturated heterocycles. The summed E-state index contributed by atoms with van der Waals surface area (Å²) in [4.78, 5) is 17.3. The summed E-state index contributed by atoms with van der Waals surface area (Å²) in [5, 5.41) is 9.06. The van der Waals surface area contributed by atoms with E-state index < -0.39 is 0 Å². The van der Waals surface area contributed by atoms with Crippen LogP contribution >= 0.6 is 0 Å². The SMILES string of the molecule is OCCCC1=CN(c2cncnc2)CC(N2CCOCC2)=N1. The quantitative estimate of drug-likeness (QED) is 0.880. The van der Waals surface area contributed by atoms with Crippen molar-refractivity contribution in [3.8, 4) is 0 Å². The standard InChI is InChI=1S/C15H21N5O2/c21-5-1-2-13-10-20(14-8-16-12-17-9-14)11-15(18-13)19-3-6-22-7-4-19/h8-10,12,21H,1-7,11H2. The number of anilines is 1. The van der Waals surface area contributed by atoms with Crippen molar-refractivity contribution in [1.29, 1.82) is 0 Å². The zero-order valence-electron chi connectivity index (χ0n) is 12.6. The maximum atomic E-state index is 9.06. The number of morpholine rings is 1. The van der Waals surface area contributed by atoms with Crippen molar-refractivity contribution in [2.45, 2.75) is 12.8 Å². The van der Waals surface area contributed by atoms with E-state index in [0.717, 1.165) is 49.9 Å². The van der Waals surface area contributed by atoms with E-state index in [1.165, 1.54) is 6.33 Å². The Hall–Kier alpha value is -1.99. The normalized spacial score (nSPS) is 19.0. The van der Waals surface area contributed by atoms with Gasteiger partial charge in [-0.15, -0.1) is 0 Å². The van der Waals surface area contributed by atoms with Crippen LogP contribution in [0.5, 0.6) is 0 Å². The summed E-state index contributed by atoms with van der Waals surface area (Å²) < 4.78 is 5.42. The summed E-state index contributed by atoms with van der Waals surface area (Å²) in [6.07, 6.45) is 8.63. The summed E-state index contributed by atoms with van der Waals surface area (Å²) >= 11 is 0. The molecular weight excluding hydrogens is 282 g/mol. The molecule has 3 rings (SSSR count). The first kappa shape index (κ1) is 14.9. The molecule has 0 spiro atoms. The smallest absolute Gasteiger partial charge is 0.125 e. The summed E-state index contributed by atoms with van der Waals surface area (Å²) in [6.45, 7) is 4.09. The third-order valence-electron chi connectivity index (χ3n) is 3.74. The van der Waals surface area contributed by atoms with Crippen LogP contribution in [0.3, 0.4) is 0 Å². The van der Waals surface area contributed by atoms with Gasteiger partial charge in [-0.05, 0) is 12.8 Å². The zero-order chi connectivity index (χ0) is 15.2. The van der Waals surface area contributed by atoms with E-state index in [2.05, 4.69) is 19.8 Å². The van der Waals surface area contributed by atoms with Gasteiger partial charge in [0, 0.05) is 25.9 Å². The lowest BCUT2D eigenvalue weighted by molar-refractivity contribution is 0.0675. The first-order chi connectivity index (χ1) is 10.9. The molecule has 0 aliphatic carbocycles. The molecule has 2 aliphatic rings. The zero-order valence-corrected chi connectivity index (χ0v) is 12.6. The third kappa shape index (κ3) is 3.61. The largest absolute Gasteiger partial charge is 0.396 e. The van der Waals surface area contributed by atoms with Gasteiger partial charge in [-0.2, -0.15) is 0 Å². The van der Waals surface area contributed by atoms with Crippen LogP contribution in [0.2, 0.25) is 0 Å². The Labute approximate surface area is 130 Å². The van der Waals surface area contributed by atoms with Crippen molar-refractivity contribution in [2.75, 3.05) is 44.4 Å². The van der Waals surface area contributed by atoms with Crippen LogP contribution in [0.15, 0.2) is 35.6 Å². The van der Waals surface area contributed by atoms with Gasteiger partial charge >= 0.3 is 0 Å². The van der Waals surface area contributed by atoms with E-state index in [4.69, 9.17) is 14.8 Å². The first-order valence-electron chi connectivity index (χ1n) is 7.60. The van der Waals surface area contributed by atoms with Crippen LogP contribution in [-0.2, 0) is 4.74 Å². The highest BCUT2D eigenvalue weighted by atomic mass is 16.5. The second kappa shape index (κ2) is 7.33. The maximum Gasteiger partial charge on any atom is 0.125 e. The minimum atomic E-state index is 0.175. The summed E-state index contributed by atoms with van der Waals surface area (Å²) in [5.41, 5.74) is 1.93. The molecule has 7 heteroatoms. The van der Waals surface area contributed by atoms with Crippen molar-refractivity contribution in [3.63, 3.8) is 0 Å². The summed E-state index contributed by atoms with van der Waals surface area (Å²) in [5.74, 6) is 1.04. The number of allylic oxidation sites excluding steroid dienone is 1. The molecule has 1 aromatic heterocycles. The molecule has 1 fully saturated rings. The van der Waals surface area contributed by atoms with Crippen LogP contribution in [0.25, 0.3) is 0 Å². The van der Waals surface area contributed by atoms with Gasteiger partial charge in [0.05, 0.1) is 43.5 Å². The minimum absolute atomic E-state index is 0.175. The van der Waals surface area contributed by atoms with Gasteiger partial charge in [-0.1, -0.05) is 0 Å². The highest BCUT2D eigenvalue weighted by Crippen LogP contribution is 2.21. The number of amidine groups is 1. The number of aromatic nitrogens is 2. The maximum absolute atomic E-state index is 9.06. The molecule has 0 unspecified atom stereocenters. The Morgan fingerprint density at radius 3 is 2.68 bits per heavy atom. The van der Waals surface area contributed by atoms with Crippen LogP contribution in [-0.4, -0.2) is 65.3 Å². The lowest BCUT2D eigenvalue weighted by Gasteiger charge is -2.35. The lowest BCUT2D eigenvalue weighted by atomic mass is 10.2. The number of aliphatic imine (C=N–C) groups is 1.